The van der Waals surface area contributed by atoms with Crippen LogP contribution in [0.1, 0.15) is 72.3 Å². The van der Waals surface area contributed by atoms with Crippen molar-refractivity contribution < 1.29 is 34.1 Å². The summed E-state index contributed by atoms with van der Waals surface area (Å²) in [4.78, 5) is 52.3. The molecule has 212 valence electrons. The molecule has 0 unspecified atom stereocenters. The van der Waals surface area contributed by atoms with Crippen LogP contribution in [0.15, 0.2) is 24.3 Å². The first-order valence-electron chi connectivity index (χ1n) is 13.3. The van der Waals surface area contributed by atoms with Crippen LogP contribution in [0.3, 0.4) is 0 Å². The standard InChI is InChI=1S/C28H43N3O7/c1-6-18(2)24(26(35)29-21(27(36)37)13-14-28(3,4)5)30-25(34)22(16-19-9-11-20(33)12-10-19)31(17-32)23-8-7-15-38-23/h9-12,17-18,21-24,33H,6-8,13-16H2,1-5H3,(H,29,35)(H,30,34)(H,36,37)/t18-,21-,22-,23-,24-/m0/s1. The lowest BCUT2D eigenvalue weighted by Gasteiger charge is -2.34. The molecule has 5 atom stereocenters. The Hall–Kier alpha value is -3.14. The molecule has 4 N–H and O–H groups in total. The Bertz CT molecular complexity index is 939. The quantitative estimate of drug-likeness (QED) is 0.269. The number of hydrogen-bond donors (Lipinski definition) is 4. The second-order valence-electron chi connectivity index (χ2n) is 11.3. The number of carboxylic acid groups (broad SMARTS) is 1. The van der Waals surface area contributed by atoms with Gasteiger partial charge in [0.1, 0.15) is 30.1 Å². The predicted octanol–water partition coefficient (Wildman–Crippen LogP) is 2.82. The summed E-state index contributed by atoms with van der Waals surface area (Å²) in [7, 11) is 0. The number of rotatable bonds is 14. The molecule has 0 spiro atoms. The van der Waals surface area contributed by atoms with Gasteiger partial charge in [-0.05, 0) is 54.7 Å². The first-order valence-corrected chi connectivity index (χ1v) is 13.3. The fraction of sp³-hybridized carbons (Fsp3) is 0.643. The molecule has 3 amide bonds. The minimum atomic E-state index is -1.13. The van der Waals surface area contributed by atoms with Gasteiger partial charge in [0, 0.05) is 13.0 Å². The zero-order chi connectivity index (χ0) is 28.5. The predicted molar refractivity (Wildman–Crippen MR) is 142 cm³/mol. The summed E-state index contributed by atoms with van der Waals surface area (Å²) in [5.74, 6) is -2.46. The highest BCUT2D eigenvalue weighted by Crippen LogP contribution is 2.23. The summed E-state index contributed by atoms with van der Waals surface area (Å²) in [5.41, 5.74) is 0.607. The molecular weight excluding hydrogens is 490 g/mol. The SMILES string of the molecule is CC[C@H](C)[C@H](NC(=O)[C@H](Cc1ccc(O)cc1)N(C=O)[C@@H]1CCCO1)C(=O)N[C@@H](CCC(C)(C)C)C(=O)O. The van der Waals surface area contributed by atoms with E-state index < -0.39 is 42.1 Å². The number of carbonyl (C=O) groups is 4. The van der Waals surface area contributed by atoms with Crippen molar-refractivity contribution in [3.05, 3.63) is 29.8 Å². The zero-order valence-corrected chi connectivity index (χ0v) is 23.1. The third-order valence-corrected chi connectivity index (χ3v) is 6.98. The maximum Gasteiger partial charge on any atom is 0.326 e. The fourth-order valence-electron chi connectivity index (χ4n) is 4.37. The number of nitrogens with one attached hydrogen (secondary N) is 2. The lowest BCUT2D eigenvalue weighted by Crippen LogP contribution is -2.59. The van der Waals surface area contributed by atoms with Crippen molar-refractivity contribution in [3.8, 4) is 5.75 Å². The molecule has 2 rings (SSSR count). The van der Waals surface area contributed by atoms with Crippen LogP contribution in [0.2, 0.25) is 0 Å². The summed E-state index contributed by atoms with van der Waals surface area (Å²) in [6.45, 7) is 10.2. The molecule has 0 radical (unpaired) electrons. The van der Waals surface area contributed by atoms with Crippen molar-refractivity contribution in [1.29, 1.82) is 0 Å². The molecule has 1 aromatic rings. The number of aromatic hydroxyl groups is 1. The van der Waals surface area contributed by atoms with Crippen molar-refractivity contribution in [2.75, 3.05) is 6.61 Å². The highest BCUT2D eigenvalue weighted by atomic mass is 16.5. The van der Waals surface area contributed by atoms with E-state index in [9.17, 15) is 29.4 Å². The zero-order valence-electron chi connectivity index (χ0n) is 23.1. The largest absolute Gasteiger partial charge is 0.508 e. The van der Waals surface area contributed by atoms with Gasteiger partial charge < -0.3 is 30.5 Å². The van der Waals surface area contributed by atoms with Gasteiger partial charge in [0.05, 0.1) is 0 Å². The third-order valence-electron chi connectivity index (χ3n) is 6.98. The monoisotopic (exact) mass is 533 g/mol. The summed E-state index contributed by atoms with van der Waals surface area (Å²) >= 11 is 0. The van der Waals surface area contributed by atoms with Crippen molar-refractivity contribution in [3.63, 3.8) is 0 Å². The molecule has 0 saturated carbocycles. The van der Waals surface area contributed by atoms with Crippen LogP contribution < -0.4 is 10.6 Å². The minimum absolute atomic E-state index is 0.0778. The number of ether oxygens (including phenoxy) is 1. The van der Waals surface area contributed by atoms with E-state index in [0.29, 0.717) is 37.8 Å². The van der Waals surface area contributed by atoms with Crippen LogP contribution in [0.5, 0.6) is 5.75 Å². The molecule has 1 aliphatic heterocycles. The Morgan fingerprint density at radius 1 is 1.16 bits per heavy atom. The van der Waals surface area contributed by atoms with Crippen LogP contribution in [-0.4, -0.2) is 70.3 Å². The van der Waals surface area contributed by atoms with E-state index in [0.717, 1.165) is 6.42 Å². The summed E-state index contributed by atoms with van der Waals surface area (Å²) in [6, 6.07) is 3.27. The summed E-state index contributed by atoms with van der Waals surface area (Å²) in [6.07, 6.45) is 2.92. The number of carboxylic acids is 1. The van der Waals surface area contributed by atoms with Crippen LogP contribution >= 0.6 is 0 Å². The van der Waals surface area contributed by atoms with E-state index in [2.05, 4.69) is 10.6 Å². The van der Waals surface area contributed by atoms with Gasteiger partial charge >= 0.3 is 5.97 Å². The van der Waals surface area contributed by atoms with E-state index >= 15 is 0 Å². The van der Waals surface area contributed by atoms with Crippen LogP contribution in [0.4, 0.5) is 0 Å². The van der Waals surface area contributed by atoms with Gasteiger partial charge in [-0.25, -0.2) is 4.79 Å². The maximum atomic E-state index is 13.7. The van der Waals surface area contributed by atoms with E-state index in [-0.39, 0.29) is 29.9 Å². The number of amides is 3. The normalized spacial score (nSPS) is 18.6. The summed E-state index contributed by atoms with van der Waals surface area (Å²) < 4.78 is 5.68. The number of aliphatic carboxylic acids is 1. The second kappa shape index (κ2) is 14.1. The number of nitrogens with zero attached hydrogens (tertiary/aromatic N) is 1. The second-order valence-corrected chi connectivity index (χ2v) is 11.3. The minimum Gasteiger partial charge on any atom is -0.508 e. The Labute approximate surface area is 225 Å². The van der Waals surface area contributed by atoms with Gasteiger partial charge in [0.15, 0.2) is 0 Å². The maximum absolute atomic E-state index is 13.7. The van der Waals surface area contributed by atoms with Crippen LogP contribution in [0.25, 0.3) is 0 Å². The average molecular weight is 534 g/mol. The summed E-state index contributed by atoms with van der Waals surface area (Å²) in [5, 5.41) is 24.8. The molecule has 1 fully saturated rings. The number of hydrogen-bond acceptors (Lipinski definition) is 6. The van der Waals surface area contributed by atoms with Crippen molar-refractivity contribution >= 4 is 24.2 Å². The Kier molecular flexibility index (Phi) is 11.6. The number of carbonyl (C=O) groups excluding carboxylic acids is 3. The first kappa shape index (κ1) is 31.1. The van der Waals surface area contributed by atoms with Crippen LogP contribution in [0, 0.1) is 11.3 Å². The van der Waals surface area contributed by atoms with Crippen LogP contribution in [-0.2, 0) is 30.3 Å². The number of benzene rings is 1. The number of phenolic OH excluding ortho intramolecular Hbond substituents is 1. The van der Waals surface area contributed by atoms with Gasteiger partial charge in [0.2, 0.25) is 18.2 Å². The van der Waals surface area contributed by atoms with Crippen molar-refractivity contribution in [2.24, 2.45) is 11.3 Å². The average Bonchev–Trinajstić information content (AvgIpc) is 3.39. The Balaban J connectivity index is 2.28. The smallest absolute Gasteiger partial charge is 0.326 e. The van der Waals surface area contributed by atoms with Gasteiger partial charge in [-0.15, -0.1) is 0 Å². The first-order chi connectivity index (χ1) is 17.9. The van der Waals surface area contributed by atoms with E-state index in [1.54, 1.807) is 12.1 Å². The molecule has 1 aromatic carbocycles. The highest BCUT2D eigenvalue weighted by molar-refractivity contribution is 5.92. The van der Waals surface area contributed by atoms with E-state index in [4.69, 9.17) is 4.74 Å². The molecule has 38 heavy (non-hydrogen) atoms. The third kappa shape index (κ3) is 9.31. The highest BCUT2D eigenvalue weighted by Gasteiger charge is 2.37. The Morgan fingerprint density at radius 2 is 1.82 bits per heavy atom. The number of phenols is 1. The molecule has 0 aromatic heterocycles. The van der Waals surface area contributed by atoms with E-state index in [1.807, 2.05) is 34.6 Å². The molecule has 1 heterocycles. The topological polar surface area (TPSA) is 145 Å². The molecule has 0 aliphatic carbocycles. The molecule has 1 aliphatic rings. The molecule has 0 bridgehead atoms. The lowest BCUT2D eigenvalue weighted by molar-refractivity contribution is -0.146. The van der Waals surface area contributed by atoms with Gasteiger partial charge in [-0.2, -0.15) is 0 Å². The van der Waals surface area contributed by atoms with Crippen molar-refractivity contribution in [2.45, 2.75) is 97.5 Å². The van der Waals surface area contributed by atoms with Gasteiger partial charge in [0.25, 0.3) is 0 Å². The molecule has 10 nitrogen and oxygen atoms in total. The molecule has 10 heteroatoms. The van der Waals surface area contributed by atoms with Crippen molar-refractivity contribution in [1.82, 2.24) is 15.5 Å². The molecule has 1 saturated heterocycles. The van der Waals surface area contributed by atoms with Gasteiger partial charge in [-0.1, -0.05) is 53.2 Å². The van der Waals surface area contributed by atoms with Gasteiger partial charge in [-0.3, -0.25) is 14.4 Å². The van der Waals surface area contributed by atoms with E-state index in [1.165, 1.54) is 17.0 Å². The Morgan fingerprint density at radius 3 is 2.32 bits per heavy atom. The lowest BCUT2D eigenvalue weighted by atomic mass is 9.88. The fourth-order valence-corrected chi connectivity index (χ4v) is 4.37. The molecular formula is C28H43N3O7.